The van der Waals surface area contributed by atoms with Crippen LogP contribution in [0.2, 0.25) is 0 Å². The third kappa shape index (κ3) is 4.08. The molecule has 7 nitrogen and oxygen atoms in total. The Balaban J connectivity index is 1.48. The molecular formula is C26H30N2O5. The standard InChI is InChI=1S/C26H30N2O5/c1-3-26(4-2,24(31)28-15-9-14-22(28)23(29)30)27-25(32)33-16-21-19-12-7-5-10-17(19)18-11-6-8-13-20(18)21/h5-8,10-13,21-22H,3-4,9,14-16H2,1-2H3,(H,27,32)(H,29,30)/t22-/m0/s1. The van der Waals surface area contributed by atoms with Crippen molar-refractivity contribution in [2.75, 3.05) is 13.2 Å². The van der Waals surface area contributed by atoms with Gasteiger partial charge in [0.05, 0.1) is 0 Å². The summed E-state index contributed by atoms with van der Waals surface area (Å²) in [5, 5.41) is 12.3. The van der Waals surface area contributed by atoms with Crippen molar-refractivity contribution < 1.29 is 24.2 Å². The average molecular weight is 451 g/mol. The Labute approximate surface area is 193 Å². The highest BCUT2D eigenvalue weighted by Gasteiger charge is 2.45. The molecule has 0 unspecified atom stereocenters. The van der Waals surface area contributed by atoms with E-state index in [9.17, 15) is 19.5 Å². The summed E-state index contributed by atoms with van der Waals surface area (Å²) >= 11 is 0. The van der Waals surface area contributed by atoms with Gasteiger partial charge >= 0.3 is 12.1 Å². The van der Waals surface area contributed by atoms with Gasteiger partial charge in [-0.05, 0) is 47.9 Å². The van der Waals surface area contributed by atoms with Crippen molar-refractivity contribution in [3.8, 4) is 11.1 Å². The van der Waals surface area contributed by atoms with Gasteiger partial charge in [-0.1, -0.05) is 62.4 Å². The van der Waals surface area contributed by atoms with Gasteiger partial charge in [-0.3, -0.25) is 4.79 Å². The smallest absolute Gasteiger partial charge is 0.408 e. The van der Waals surface area contributed by atoms with Crippen molar-refractivity contribution in [1.29, 1.82) is 0 Å². The summed E-state index contributed by atoms with van der Waals surface area (Å²) in [4.78, 5) is 39.2. The van der Waals surface area contributed by atoms with Crippen LogP contribution in [0.5, 0.6) is 0 Å². The van der Waals surface area contributed by atoms with Crippen LogP contribution in [0, 0.1) is 0 Å². The number of carbonyl (C=O) groups excluding carboxylic acids is 2. The highest BCUT2D eigenvalue weighted by Crippen LogP contribution is 2.44. The van der Waals surface area contributed by atoms with Crippen LogP contribution in [0.15, 0.2) is 48.5 Å². The monoisotopic (exact) mass is 450 g/mol. The summed E-state index contributed by atoms with van der Waals surface area (Å²) in [6, 6.07) is 15.3. The van der Waals surface area contributed by atoms with Crippen molar-refractivity contribution in [2.24, 2.45) is 0 Å². The van der Waals surface area contributed by atoms with E-state index in [0.717, 1.165) is 22.3 Å². The zero-order chi connectivity index (χ0) is 23.6. The molecule has 2 aromatic rings. The first-order valence-corrected chi connectivity index (χ1v) is 11.6. The Kier molecular flexibility index (Phi) is 6.40. The predicted octanol–water partition coefficient (Wildman–Crippen LogP) is 4.16. The summed E-state index contributed by atoms with van der Waals surface area (Å²) in [6.07, 6.45) is 1.08. The molecule has 0 spiro atoms. The number of nitrogens with one attached hydrogen (secondary N) is 1. The van der Waals surface area contributed by atoms with Crippen LogP contribution in [-0.2, 0) is 14.3 Å². The zero-order valence-corrected chi connectivity index (χ0v) is 19.0. The summed E-state index contributed by atoms with van der Waals surface area (Å²) in [5.41, 5.74) is 3.31. The third-order valence-corrected chi connectivity index (χ3v) is 7.10. The van der Waals surface area contributed by atoms with Gasteiger partial charge in [-0.15, -0.1) is 0 Å². The fourth-order valence-corrected chi connectivity index (χ4v) is 5.15. The second-order valence-electron chi connectivity index (χ2n) is 8.73. The van der Waals surface area contributed by atoms with Crippen molar-refractivity contribution in [2.45, 2.75) is 57.0 Å². The van der Waals surface area contributed by atoms with Gasteiger partial charge in [0.15, 0.2) is 0 Å². The van der Waals surface area contributed by atoms with Crippen molar-refractivity contribution in [3.05, 3.63) is 59.7 Å². The summed E-state index contributed by atoms with van der Waals surface area (Å²) in [6.45, 7) is 4.16. The second-order valence-corrected chi connectivity index (χ2v) is 8.73. The number of carboxylic acids is 1. The number of ether oxygens (including phenoxy) is 1. The summed E-state index contributed by atoms with van der Waals surface area (Å²) in [7, 11) is 0. The van der Waals surface area contributed by atoms with E-state index in [2.05, 4.69) is 17.4 Å². The quantitative estimate of drug-likeness (QED) is 0.660. The highest BCUT2D eigenvalue weighted by atomic mass is 16.5. The van der Waals surface area contributed by atoms with Gasteiger partial charge in [-0.25, -0.2) is 9.59 Å². The molecule has 1 aliphatic heterocycles. The minimum atomic E-state index is -1.19. The lowest BCUT2D eigenvalue weighted by atomic mass is 9.90. The van der Waals surface area contributed by atoms with Gasteiger partial charge in [0.2, 0.25) is 5.91 Å². The maximum absolute atomic E-state index is 13.4. The molecule has 4 rings (SSSR count). The molecule has 2 aromatic carbocycles. The van der Waals surface area contributed by atoms with Gasteiger partial charge in [0, 0.05) is 12.5 Å². The van der Waals surface area contributed by atoms with Gasteiger partial charge in [0.1, 0.15) is 18.2 Å². The second kappa shape index (κ2) is 9.25. The van der Waals surface area contributed by atoms with Crippen LogP contribution < -0.4 is 5.32 Å². The number of benzene rings is 2. The first kappa shape index (κ1) is 22.8. The van der Waals surface area contributed by atoms with E-state index in [1.54, 1.807) is 0 Å². The molecule has 7 heteroatoms. The molecule has 2 N–H and O–H groups in total. The molecule has 2 aliphatic rings. The van der Waals surface area contributed by atoms with Crippen LogP contribution in [0.1, 0.15) is 56.6 Å². The first-order valence-electron chi connectivity index (χ1n) is 11.6. The molecule has 33 heavy (non-hydrogen) atoms. The van der Waals surface area contributed by atoms with Crippen molar-refractivity contribution in [1.82, 2.24) is 10.2 Å². The van der Waals surface area contributed by atoms with Crippen LogP contribution in [0.4, 0.5) is 4.79 Å². The lowest BCUT2D eigenvalue weighted by molar-refractivity contribution is -0.151. The number of nitrogens with zero attached hydrogens (tertiary/aromatic N) is 1. The molecule has 1 aliphatic carbocycles. The van der Waals surface area contributed by atoms with E-state index >= 15 is 0 Å². The number of amides is 2. The average Bonchev–Trinajstić information content (AvgIpc) is 3.44. The Morgan fingerprint density at radius 3 is 2.15 bits per heavy atom. The zero-order valence-electron chi connectivity index (χ0n) is 19.0. The Hall–Kier alpha value is -3.35. The molecule has 1 heterocycles. The predicted molar refractivity (Wildman–Crippen MR) is 124 cm³/mol. The molecule has 174 valence electrons. The number of carboxylic acid groups (broad SMARTS) is 1. The first-order chi connectivity index (χ1) is 15.9. The van der Waals surface area contributed by atoms with Crippen LogP contribution >= 0.6 is 0 Å². The highest BCUT2D eigenvalue weighted by molar-refractivity contribution is 5.93. The van der Waals surface area contributed by atoms with E-state index < -0.39 is 23.6 Å². The van der Waals surface area contributed by atoms with Crippen molar-refractivity contribution >= 4 is 18.0 Å². The number of hydrogen-bond donors (Lipinski definition) is 2. The minimum absolute atomic E-state index is 0.0773. The normalized spacial score (nSPS) is 17.4. The number of fused-ring (bicyclic) bond motifs is 3. The number of hydrogen-bond acceptors (Lipinski definition) is 4. The van der Waals surface area contributed by atoms with E-state index in [1.807, 2.05) is 50.2 Å². The lowest BCUT2D eigenvalue weighted by Crippen LogP contribution is -2.60. The lowest BCUT2D eigenvalue weighted by Gasteiger charge is -2.36. The number of alkyl carbamates (subject to hydrolysis) is 1. The number of likely N-dealkylation sites (tertiary alicyclic amines) is 1. The van der Waals surface area contributed by atoms with E-state index in [1.165, 1.54) is 4.90 Å². The molecule has 0 bridgehead atoms. The Morgan fingerprint density at radius 1 is 1.03 bits per heavy atom. The molecule has 0 saturated carbocycles. The maximum Gasteiger partial charge on any atom is 0.408 e. The van der Waals surface area contributed by atoms with Crippen LogP contribution in [0.3, 0.4) is 0 Å². The van der Waals surface area contributed by atoms with Crippen molar-refractivity contribution in [3.63, 3.8) is 0 Å². The fourth-order valence-electron chi connectivity index (χ4n) is 5.15. The van der Waals surface area contributed by atoms with E-state index in [4.69, 9.17) is 4.74 Å². The largest absolute Gasteiger partial charge is 0.480 e. The Morgan fingerprint density at radius 2 is 1.61 bits per heavy atom. The number of rotatable bonds is 7. The van der Waals surface area contributed by atoms with Gasteiger partial charge in [0.25, 0.3) is 0 Å². The Bertz CT molecular complexity index is 1020. The van der Waals surface area contributed by atoms with Gasteiger partial charge < -0.3 is 20.1 Å². The molecule has 1 fully saturated rings. The minimum Gasteiger partial charge on any atom is -0.480 e. The summed E-state index contributed by atoms with van der Waals surface area (Å²) < 4.78 is 5.65. The number of carbonyl (C=O) groups is 3. The third-order valence-electron chi connectivity index (χ3n) is 7.10. The number of aliphatic carboxylic acids is 1. The fraction of sp³-hybridized carbons (Fsp3) is 0.423. The van der Waals surface area contributed by atoms with E-state index in [0.29, 0.717) is 32.2 Å². The molecule has 0 aromatic heterocycles. The van der Waals surface area contributed by atoms with Gasteiger partial charge in [-0.2, -0.15) is 0 Å². The molecule has 0 radical (unpaired) electrons. The van der Waals surface area contributed by atoms with Crippen LogP contribution in [0.25, 0.3) is 11.1 Å². The molecule has 2 amide bonds. The SMILES string of the molecule is CCC(CC)(NC(=O)OCC1c2ccccc2-c2ccccc21)C(=O)N1CCC[C@H]1C(=O)O. The summed E-state index contributed by atoms with van der Waals surface area (Å²) in [5.74, 6) is -1.44. The molecule has 1 saturated heterocycles. The van der Waals surface area contributed by atoms with Crippen LogP contribution in [-0.4, -0.2) is 52.7 Å². The topological polar surface area (TPSA) is 95.9 Å². The molecule has 1 atom stereocenters. The van der Waals surface area contributed by atoms with E-state index in [-0.39, 0.29) is 18.4 Å². The maximum atomic E-state index is 13.4. The molecular weight excluding hydrogens is 420 g/mol.